The van der Waals surface area contributed by atoms with Crippen molar-refractivity contribution in [2.45, 2.75) is 13.3 Å². The van der Waals surface area contributed by atoms with Crippen molar-refractivity contribution in [3.05, 3.63) is 30.0 Å². The molecule has 4 nitrogen and oxygen atoms in total. The largest absolute Gasteiger partial charge is 0.497 e. The van der Waals surface area contributed by atoms with Crippen molar-refractivity contribution in [1.29, 1.82) is 0 Å². The molecule has 2 rings (SSSR count). The van der Waals surface area contributed by atoms with Gasteiger partial charge in [0.2, 0.25) is 5.91 Å². The van der Waals surface area contributed by atoms with E-state index in [1.165, 1.54) is 17.9 Å². The lowest BCUT2D eigenvalue weighted by molar-refractivity contribution is -0.118. The predicted octanol–water partition coefficient (Wildman–Crippen LogP) is 2.53. The van der Waals surface area contributed by atoms with Gasteiger partial charge in [-0.1, -0.05) is 0 Å². The van der Waals surface area contributed by atoms with Crippen molar-refractivity contribution in [2.24, 2.45) is 0 Å². The molecule has 5 heteroatoms. The minimum atomic E-state index is 0.00536. The van der Waals surface area contributed by atoms with Crippen molar-refractivity contribution in [1.82, 2.24) is 8.10 Å². The third-order valence-electron chi connectivity index (χ3n) is 2.82. The number of fused-ring (bicyclic) bond motifs is 1. The number of halogens is 1. The number of nitrogens with one attached hydrogen (secondary N) is 1. The van der Waals surface area contributed by atoms with Gasteiger partial charge in [-0.25, -0.2) is 0 Å². The molecule has 2 aromatic rings. The molecule has 0 atom stereocenters. The maximum atomic E-state index is 10.9. The van der Waals surface area contributed by atoms with Crippen LogP contribution < -0.4 is 10.1 Å². The SMILES string of the molecule is COc1ccc2c(c1)c(CCNC(C)=O)cn2I. The molecule has 1 heterocycles. The third kappa shape index (κ3) is 2.77. The van der Waals surface area contributed by atoms with Crippen LogP contribution in [0.25, 0.3) is 10.9 Å². The lowest BCUT2D eigenvalue weighted by Gasteiger charge is -2.03. The van der Waals surface area contributed by atoms with Gasteiger partial charge >= 0.3 is 0 Å². The smallest absolute Gasteiger partial charge is 0.216 e. The molecule has 0 aliphatic rings. The average Bonchev–Trinajstić information content (AvgIpc) is 2.65. The second-order valence-electron chi connectivity index (χ2n) is 4.08. The minimum absolute atomic E-state index is 0.00536. The molecule has 0 spiro atoms. The van der Waals surface area contributed by atoms with Gasteiger partial charge in [0, 0.05) is 25.1 Å². The Morgan fingerprint density at radius 3 is 2.94 bits per heavy atom. The molecule has 0 saturated carbocycles. The summed E-state index contributed by atoms with van der Waals surface area (Å²) >= 11 is 2.26. The zero-order chi connectivity index (χ0) is 13.1. The Hall–Kier alpha value is -1.24. The van der Waals surface area contributed by atoms with Crippen LogP contribution in [0.4, 0.5) is 0 Å². The van der Waals surface area contributed by atoms with Gasteiger partial charge in [0.25, 0.3) is 0 Å². The second kappa shape index (κ2) is 5.60. The lowest BCUT2D eigenvalue weighted by Crippen LogP contribution is -2.22. The van der Waals surface area contributed by atoms with Crippen LogP contribution in [0.3, 0.4) is 0 Å². The Balaban J connectivity index is 2.28. The van der Waals surface area contributed by atoms with Crippen molar-refractivity contribution < 1.29 is 9.53 Å². The summed E-state index contributed by atoms with van der Waals surface area (Å²) in [5.41, 5.74) is 2.38. The van der Waals surface area contributed by atoms with Crippen LogP contribution in [-0.4, -0.2) is 22.3 Å². The second-order valence-corrected chi connectivity index (χ2v) is 5.12. The maximum absolute atomic E-state index is 10.9. The van der Waals surface area contributed by atoms with Crippen molar-refractivity contribution in [2.75, 3.05) is 13.7 Å². The van der Waals surface area contributed by atoms with Gasteiger partial charge in [-0.3, -0.25) is 7.58 Å². The fraction of sp³-hybridized carbons (Fsp3) is 0.308. The van der Waals surface area contributed by atoms with E-state index in [0.29, 0.717) is 6.54 Å². The summed E-state index contributed by atoms with van der Waals surface area (Å²) in [5, 5.41) is 3.99. The van der Waals surface area contributed by atoms with E-state index in [2.05, 4.69) is 37.2 Å². The zero-order valence-corrected chi connectivity index (χ0v) is 12.5. The molecule has 0 saturated heterocycles. The van der Waals surface area contributed by atoms with E-state index in [-0.39, 0.29) is 5.91 Å². The normalized spacial score (nSPS) is 10.6. The van der Waals surface area contributed by atoms with E-state index in [9.17, 15) is 4.79 Å². The summed E-state index contributed by atoms with van der Waals surface area (Å²) < 4.78 is 7.31. The van der Waals surface area contributed by atoms with Gasteiger partial charge in [-0.05, 0) is 30.2 Å². The van der Waals surface area contributed by atoms with Crippen LogP contribution in [0, 0.1) is 0 Å². The Morgan fingerprint density at radius 2 is 2.28 bits per heavy atom. The van der Waals surface area contributed by atoms with Crippen molar-refractivity contribution in [3.63, 3.8) is 0 Å². The quantitative estimate of drug-likeness (QED) is 0.854. The van der Waals surface area contributed by atoms with Gasteiger partial charge in [-0.2, -0.15) is 0 Å². The molecular formula is C13H15IN2O2. The monoisotopic (exact) mass is 358 g/mol. The first-order chi connectivity index (χ1) is 8.61. The van der Waals surface area contributed by atoms with Gasteiger partial charge in [0.1, 0.15) is 5.75 Å². The van der Waals surface area contributed by atoms with E-state index in [1.807, 2.05) is 18.2 Å². The van der Waals surface area contributed by atoms with Gasteiger partial charge < -0.3 is 10.1 Å². The van der Waals surface area contributed by atoms with Gasteiger partial charge in [-0.15, -0.1) is 0 Å². The highest BCUT2D eigenvalue weighted by atomic mass is 127. The highest BCUT2D eigenvalue weighted by Gasteiger charge is 2.08. The molecule has 0 aliphatic heterocycles. The number of aromatic nitrogens is 1. The van der Waals surface area contributed by atoms with E-state index >= 15 is 0 Å². The summed E-state index contributed by atoms with van der Waals surface area (Å²) in [6, 6.07) is 6.03. The van der Waals surface area contributed by atoms with Crippen LogP contribution in [0.5, 0.6) is 5.75 Å². The number of nitrogens with zero attached hydrogens (tertiary/aromatic N) is 1. The Bertz CT molecular complexity index is 578. The summed E-state index contributed by atoms with van der Waals surface area (Å²) in [4.78, 5) is 10.9. The lowest BCUT2D eigenvalue weighted by atomic mass is 10.1. The number of hydrogen-bond acceptors (Lipinski definition) is 2. The molecule has 1 amide bonds. The number of hydrogen-bond donors (Lipinski definition) is 1. The molecule has 1 aromatic heterocycles. The first-order valence-corrected chi connectivity index (χ1v) is 6.67. The fourth-order valence-electron chi connectivity index (χ4n) is 1.93. The first-order valence-electron chi connectivity index (χ1n) is 5.70. The van der Waals surface area contributed by atoms with Crippen LogP contribution in [-0.2, 0) is 11.2 Å². The highest BCUT2D eigenvalue weighted by Crippen LogP contribution is 2.27. The molecule has 96 valence electrons. The Kier molecular flexibility index (Phi) is 4.11. The van der Waals surface area contributed by atoms with E-state index in [4.69, 9.17) is 4.74 Å². The van der Waals surface area contributed by atoms with Crippen molar-refractivity contribution >= 4 is 39.7 Å². The molecule has 0 unspecified atom stereocenters. The van der Waals surface area contributed by atoms with Crippen LogP contribution in [0.2, 0.25) is 0 Å². The van der Waals surface area contributed by atoms with E-state index in [1.54, 1.807) is 7.11 Å². The number of rotatable bonds is 4. The third-order valence-corrected chi connectivity index (χ3v) is 3.62. The molecule has 0 radical (unpaired) electrons. The molecular weight excluding hydrogens is 343 g/mol. The molecule has 1 aromatic carbocycles. The summed E-state index contributed by atoms with van der Waals surface area (Å²) in [6.45, 7) is 2.19. The number of methoxy groups -OCH3 is 1. The highest BCUT2D eigenvalue weighted by molar-refractivity contribution is 14.1. The molecule has 0 bridgehead atoms. The number of carbonyl (C=O) groups excluding carboxylic acids is 1. The maximum Gasteiger partial charge on any atom is 0.216 e. The van der Waals surface area contributed by atoms with E-state index < -0.39 is 0 Å². The fourth-order valence-corrected chi connectivity index (χ4v) is 2.69. The number of carbonyl (C=O) groups is 1. The van der Waals surface area contributed by atoms with Gasteiger partial charge in [0.15, 0.2) is 0 Å². The van der Waals surface area contributed by atoms with Crippen LogP contribution in [0.1, 0.15) is 12.5 Å². The first kappa shape index (κ1) is 13.2. The number of ether oxygens (including phenoxy) is 1. The minimum Gasteiger partial charge on any atom is -0.497 e. The van der Waals surface area contributed by atoms with E-state index in [0.717, 1.165) is 17.7 Å². The zero-order valence-electron chi connectivity index (χ0n) is 10.4. The van der Waals surface area contributed by atoms with Gasteiger partial charge in [0.05, 0.1) is 35.5 Å². The predicted molar refractivity (Wildman–Crippen MR) is 80.3 cm³/mol. The van der Waals surface area contributed by atoms with Crippen molar-refractivity contribution in [3.8, 4) is 5.75 Å². The molecule has 0 fully saturated rings. The van der Waals surface area contributed by atoms with Crippen LogP contribution in [0.15, 0.2) is 24.4 Å². The van der Waals surface area contributed by atoms with Crippen LogP contribution >= 0.6 is 22.9 Å². The summed E-state index contributed by atoms with van der Waals surface area (Å²) in [7, 11) is 1.67. The summed E-state index contributed by atoms with van der Waals surface area (Å²) in [6.07, 6.45) is 2.91. The molecule has 0 aliphatic carbocycles. The number of benzene rings is 1. The molecule has 18 heavy (non-hydrogen) atoms. The summed E-state index contributed by atoms with van der Waals surface area (Å²) in [5.74, 6) is 0.858. The Morgan fingerprint density at radius 1 is 1.50 bits per heavy atom. The standard InChI is InChI=1S/C13H15IN2O2/c1-9(17)15-6-5-10-8-16(14)13-4-3-11(18-2)7-12(10)13/h3-4,7-8H,5-6H2,1-2H3,(H,15,17). The average molecular weight is 358 g/mol. The number of amides is 1. The Labute approximate surface area is 120 Å². The topological polar surface area (TPSA) is 43.3 Å². The molecule has 1 N–H and O–H groups in total.